The maximum atomic E-state index is 11.9. The van der Waals surface area contributed by atoms with Crippen LogP contribution < -0.4 is 5.73 Å². The van der Waals surface area contributed by atoms with E-state index in [1.54, 1.807) is 0 Å². The summed E-state index contributed by atoms with van der Waals surface area (Å²) in [6.45, 7) is 3.39. The molecule has 0 unspecified atom stereocenters. The van der Waals surface area contributed by atoms with Gasteiger partial charge in [-0.2, -0.15) is 13.2 Å². The van der Waals surface area contributed by atoms with Crippen LogP contribution in [0.25, 0.3) is 0 Å². The molecule has 0 radical (unpaired) electrons. The molecule has 0 spiro atoms. The van der Waals surface area contributed by atoms with Crippen molar-refractivity contribution in [3.05, 3.63) is 12.2 Å². The number of rotatable bonds is 0. The summed E-state index contributed by atoms with van der Waals surface area (Å²) in [4.78, 5) is 0. The van der Waals surface area contributed by atoms with Crippen LogP contribution in [0.15, 0.2) is 12.2 Å². The first kappa shape index (κ1) is 10.8. The van der Waals surface area contributed by atoms with Crippen LogP contribution in [0.1, 0.15) is 12.8 Å². The lowest BCUT2D eigenvalue weighted by atomic mass is 9.73. The zero-order valence-corrected chi connectivity index (χ0v) is 6.56. The van der Waals surface area contributed by atoms with E-state index >= 15 is 0 Å². The molecule has 1 aliphatic carbocycles. The fourth-order valence-corrected chi connectivity index (χ4v) is 1.04. The van der Waals surface area contributed by atoms with Crippen LogP contribution in [0.2, 0.25) is 0 Å². The van der Waals surface area contributed by atoms with Gasteiger partial charge in [0.15, 0.2) is 0 Å². The second-order valence-electron chi connectivity index (χ2n) is 2.76. The Morgan fingerprint density at radius 2 is 1.73 bits per heavy atom. The third-order valence-corrected chi connectivity index (χ3v) is 1.70. The summed E-state index contributed by atoms with van der Waals surface area (Å²) in [5.74, 6) is 0. The zero-order chi connectivity index (χ0) is 7.99. The van der Waals surface area contributed by atoms with E-state index in [4.69, 9.17) is 5.73 Å². The molecule has 0 bridgehead atoms. The van der Waals surface area contributed by atoms with E-state index in [0.717, 1.165) is 0 Å². The molecule has 2 N–H and O–H groups in total. The molecule has 11 heavy (non-hydrogen) atoms. The lowest BCUT2D eigenvalue weighted by Crippen LogP contribution is -2.59. The summed E-state index contributed by atoms with van der Waals surface area (Å²) < 4.78 is 35.7. The normalized spacial score (nSPS) is 22.0. The molecule has 0 aromatic rings. The standard InChI is InChI=1S/C6H8F3N.ClH/c1-4-2-5(10,3-4)6(7,8)9;/h1-3,10H2;1H. The van der Waals surface area contributed by atoms with Gasteiger partial charge in [0.2, 0.25) is 0 Å². The SMILES string of the molecule is C=C1CC(N)(C(F)(F)F)C1.Cl. The largest absolute Gasteiger partial charge is 0.406 e. The molecule has 1 rings (SSSR count). The van der Waals surface area contributed by atoms with Gasteiger partial charge >= 0.3 is 6.18 Å². The van der Waals surface area contributed by atoms with Gasteiger partial charge in [-0.05, 0) is 12.8 Å². The Kier molecular flexibility index (Phi) is 2.62. The van der Waals surface area contributed by atoms with E-state index in [1.807, 2.05) is 0 Å². The van der Waals surface area contributed by atoms with E-state index in [1.165, 1.54) is 0 Å². The molecule has 66 valence electrons. The van der Waals surface area contributed by atoms with E-state index in [0.29, 0.717) is 5.57 Å². The van der Waals surface area contributed by atoms with E-state index < -0.39 is 11.7 Å². The Labute approximate surface area is 68.9 Å². The maximum Gasteiger partial charge on any atom is 0.406 e. The maximum absolute atomic E-state index is 11.9. The van der Waals surface area contributed by atoms with Crippen LogP contribution in [-0.4, -0.2) is 11.7 Å². The Bertz CT molecular complexity index is 167. The fourth-order valence-electron chi connectivity index (χ4n) is 1.04. The Morgan fingerprint density at radius 1 is 1.36 bits per heavy atom. The highest BCUT2D eigenvalue weighted by Crippen LogP contribution is 2.45. The summed E-state index contributed by atoms with van der Waals surface area (Å²) in [6, 6.07) is 0. The lowest BCUT2D eigenvalue weighted by molar-refractivity contribution is -0.196. The third kappa shape index (κ3) is 1.68. The number of halogens is 4. The third-order valence-electron chi connectivity index (χ3n) is 1.70. The van der Waals surface area contributed by atoms with Crippen molar-refractivity contribution in [1.29, 1.82) is 0 Å². The van der Waals surface area contributed by atoms with Crippen molar-refractivity contribution in [1.82, 2.24) is 0 Å². The highest BCUT2D eigenvalue weighted by Gasteiger charge is 2.56. The quantitative estimate of drug-likeness (QED) is 0.577. The van der Waals surface area contributed by atoms with Crippen molar-refractivity contribution < 1.29 is 13.2 Å². The molecule has 0 atom stereocenters. The van der Waals surface area contributed by atoms with Gasteiger partial charge in [0.25, 0.3) is 0 Å². The molecule has 1 nitrogen and oxygen atoms in total. The molecule has 5 heteroatoms. The first-order chi connectivity index (χ1) is 4.35. The summed E-state index contributed by atoms with van der Waals surface area (Å²) in [5, 5.41) is 0. The first-order valence-electron chi connectivity index (χ1n) is 2.87. The minimum atomic E-state index is -4.27. The Morgan fingerprint density at radius 3 is 1.82 bits per heavy atom. The van der Waals surface area contributed by atoms with Crippen LogP contribution in [0.4, 0.5) is 13.2 Å². The van der Waals surface area contributed by atoms with Gasteiger partial charge in [0.05, 0.1) is 0 Å². The van der Waals surface area contributed by atoms with Crippen molar-refractivity contribution in [2.24, 2.45) is 5.73 Å². The molecule has 0 aromatic heterocycles. The van der Waals surface area contributed by atoms with Gasteiger partial charge in [-0.3, -0.25) is 0 Å². The van der Waals surface area contributed by atoms with Gasteiger partial charge in [0, 0.05) is 0 Å². The minimum Gasteiger partial charge on any atom is -0.317 e. The van der Waals surface area contributed by atoms with Crippen LogP contribution in [-0.2, 0) is 0 Å². The van der Waals surface area contributed by atoms with E-state index in [9.17, 15) is 13.2 Å². The molecule has 0 aliphatic heterocycles. The number of alkyl halides is 3. The van der Waals surface area contributed by atoms with Gasteiger partial charge in [-0.1, -0.05) is 12.2 Å². The number of nitrogens with two attached hydrogens (primary N) is 1. The zero-order valence-electron chi connectivity index (χ0n) is 5.74. The van der Waals surface area contributed by atoms with Crippen molar-refractivity contribution in [2.75, 3.05) is 0 Å². The second kappa shape index (κ2) is 2.68. The fraction of sp³-hybridized carbons (Fsp3) is 0.667. The summed E-state index contributed by atoms with van der Waals surface area (Å²) in [7, 11) is 0. The topological polar surface area (TPSA) is 26.0 Å². The summed E-state index contributed by atoms with van der Waals surface area (Å²) in [5.41, 5.74) is 3.60. The Hall–Kier alpha value is -0.220. The molecule has 1 saturated carbocycles. The average Bonchev–Trinajstić information content (AvgIpc) is 1.58. The second-order valence-corrected chi connectivity index (χ2v) is 2.76. The average molecular weight is 188 g/mol. The van der Waals surface area contributed by atoms with Crippen LogP contribution in [0.3, 0.4) is 0 Å². The first-order valence-corrected chi connectivity index (χ1v) is 2.87. The van der Waals surface area contributed by atoms with Crippen LogP contribution in [0.5, 0.6) is 0 Å². The van der Waals surface area contributed by atoms with Gasteiger partial charge in [-0.15, -0.1) is 12.4 Å². The number of hydrogen-bond acceptors (Lipinski definition) is 1. The van der Waals surface area contributed by atoms with Crippen molar-refractivity contribution in [3.63, 3.8) is 0 Å². The predicted molar refractivity (Wildman–Crippen MR) is 38.6 cm³/mol. The molecule has 0 heterocycles. The lowest BCUT2D eigenvalue weighted by Gasteiger charge is -2.41. The van der Waals surface area contributed by atoms with Crippen molar-refractivity contribution in [3.8, 4) is 0 Å². The Balaban J connectivity index is 0.000001000. The van der Waals surface area contributed by atoms with Gasteiger partial charge in [0.1, 0.15) is 5.54 Å². The monoisotopic (exact) mass is 187 g/mol. The van der Waals surface area contributed by atoms with Crippen molar-refractivity contribution in [2.45, 2.75) is 24.6 Å². The predicted octanol–water partition coefficient (Wildman–Crippen LogP) is 2.02. The molecular weight excluding hydrogens is 179 g/mol. The summed E-state index contributed by atoms with van der Waals surface area (Å²) >= 11 is 0. The van der Waals surface area contributed by atoms with E-state index in [-0.39, 0.29) is 25.2 Å². The smallest absolute Gasteiger partial charge is 0.317 e. The summed E-state index contributed by atoms with van der Waals surface area (Å²) in [6.07, 6.45) is -4.50. The van der Waals surface area contributed by atoms with E-state index in [2.05, 4.69) is 6.58 Å². The van der Waals surface area contributed by atoms with Crippen molar-refractivity contribution >= 4 is 12.4 Å². The minimum absolute atomic E-state index is 0. The molecule has 0 amide bonds. The molecule has 0 aromatic carbocycles. The van der Waals surface area contributed by atoms with Gasteiger partial charge < -0.3 is 5.73 Å². The molecule has 1 fully saturated rings. The molecule has 0 saturated heterocycles. The van der Waals surface area contributed by atoms with Gasteiger partial charge in [-0.25, -0.2) is 0 Å². The van der Waals surface area contributed by atoms with Crippen LogP contribution in [0, 0.1) is 0 Å². The molecular formula is C6H9ClF3N. The molecule has 1 aliphatic rings. The van der Waals surface area contributed by atoms with Crippen LogP contribution >= 0.6 is 12.4 Å². The highest BCUT2D eigenvalue weighted by molar-refractivity contribution is 5.85. The number of hydrogen-bond donors (Lipinski definition) is 1. The highest BCUT2D eigenvalue weighted by atomic mass is 35.5.